The minimum Gasteiger partial charge on any atom is -0.338 e. The van der Waals surface area contributed by atoms with Gasteiger partial charge >= 0.3 is 6.03 Å². The van der Waals surface area contributed by atoms with Crippen LogP contribution >= 0.6 is 12.4 Å². The lowest BCUT2D eigenvalue weighted by Gasteiger charge is -2.38. The second-order valence-electron chi connectivity index (χ2n) is 6.04. The summed E-state index contributed by atoms with van der Waals surface area (Å²) >= 11 is 0. The van der Waals surface area contributed by atoms with Crippen molar-refractivity contribution in [2.75, 3.05) is 26.2 Å². The van der Waals surface area contributed by atoms with Crippen molar-refractivity contribution >= 4 is 24.3 Å². The van der Waals surface area contributed by atoms with Crippen molar-refractivity contribution in [3.63, 3.8) is 0 Å². The summed E-state index contributed by atoms with van der Waals surface area (Å²) in [7, 11) is 0. The molecule has 3 unspecified atom stereocenters. The molecule has 1 aromatic rings. The maximum Gasteiger partial charge on any atom is 0.317 e. The molecule has 0 saturated carbocycles. The zero-order valence-electron chi connectivity index (χ0n) is 13.1. The van der Waals surface area contributed by atoms with Gasteiger partial charge in [-0.1, -0.05) is 37.3 Å². The summed E-state index contributed by atoms with van der Waals surface area (Å²) in [6.45, 7) is 4.25. The molecular formula is C16H23ClN4O2. The van der Waals surface area contributed by atoms with E-state index in [1.807, 2.05) is 47.1 Å². The Hall–Kier alpha value is -1.79. The van der Waals surface area contributed by atoms with Gasteiger partial charge in [0.05, 0.1) is 12.0 Å². The zero-order chi connectivity index (χ0) is 15.7. The average Bonchev–Trinajstić information content (AvgIpc) is 2.94. The number of rotatable bonds is 3. The Bertz CT molecular complexity index is 568. The first-order chi connectivity index (χ1) is 10.6. The number of benzene rings is 1. The van der Waals surface area contributed by atoms with Gasteiger partial charge in [0.1, 0.15) is 0 Å². The summed E-state index contributed by atoms with van der Waals surface area (Å²) < 4.78 is 0. The first-order valence-electron chi connectivity index (χ1n) is 7.71. The Balaban J connectivity index is 0.00000192. The third-order valence-electron chi connectivity index (χ3n) is 4.66. The maximum atomic E-state index is 12.7. The number of fused-ring (bicyclic) bond motifs is 1. The standard InChI is InChI=1S/C16H22N4O2.ClH/c1-11(14(17)12-5-3-2-4-6-12)15(21)19-7-8-20-13(10-19)9-18-16(20)22;/h2-6,11,13-14H,7-10,17H2,1H3,(H,18,22);1H. The number of halogens is 1. The van der Waals surface area contributed by atoms with E-state index in [9.17, 15) is 9.59 Å². The molecule has 6 nitrogen and oxygen atoms in total. The highest BCUT2D eigenvalue weighted by Gasteiger charge is 2.38. The minimum atomic E-state index is -0.310. The van der Waals surface area contributed by atoms with Crippen LogP contribution in [0, 0.1) is 5.92 Å². The van der Waals surface area contributed by atoms with Gasteiger partial charge in [-0.15, -0.1) is 12.4 Å². The molecule has 2 saturated heterocycles. The van der Waals surface area contributed by atoms with Gasteiger partial charge in [0.25, 0.3) is 0 Å². The van der Waals surface area contributed by atoms with Crippen molar-refractivity contribution in [2.24, 2.45) is 11.7 Å². The molecule has 2 fully saturated rings. The third kappa shape index (κ3) is 3.43. The number of nitrogens with one attached hydrogen (secondary N) is 1. The molecule has 3 atom stereocenters. The van der Waals surface area contributed by atoms with Crippen molar-refractivity contribution in [1.82, 2.24) is 15.1 Å². The van der Waals surface area contributed by atoms with E-state index >= 15 is 0 Å². The molecule has 0 spiro atoms. The maximum absolute atomic E-state index is 12.7. The number of piperazine rings is 1. The lowest BCUT2D eigenvalue weighted by Crippen LogP contribution is -2.55. The lowest BCUT2D eigenvalue weighted by atomic mass is 9.93. The van der Waals surface area contributed by atoms with E-state index in [2.05, 4.69) is 5.32 Å². The van der Waals surface area contributed by atoms with Crippen LogP contribution in [0.2, 0.25) is 0 Å². The van der Waals surface area contributed by atoms with E-state index in [-0.39, 0.29) is 42.3 Å². The van der Waals surface area contributed by atoms with E-state index in [1.54, 1.807) is 0 Å². The van der Waals surface area contributed by atoms with Crippen molar-refractivity contribution in [3.8, 4) is 0 Å². The average molecular weight is 339 g/mol. The second-order valence-corrected chi connectivity index (χ2v) is 6.04. The van der Waals surface area contributed by atoms with Crippen LogP contribution in [0.15, 0.2) is 30.3 Å². The van der Waals surface area contributed by atoms with Crippen molar-refractivity contribution in [1.29, 1.82) is 0 Å². The number of urea groups is 1. The third-order valence-corrected chi connectivity index (χ3v) is 4.66. The normalized spacial score (nSPS) is 22.7. The van der Waals surface area contributed by atoms with E-state index in [0.29, 0.717) is 26.2 Å². The van der Waals surface area contributed by atoms with E-state index < -0.39 is 0 Å². The van der Waals surface area contributed by atoms with Crippen LogP contribution < -0.4 is 11.1 Å². The molecule has 3 rings (SSSR count). The van der Waals surface area contributed by atoms with Crippen LogP contribution in [0.1, 0.15) is 18.5 Å². The molecule has 2 aliphatic rings. The fourth-order valence-corrected chi connectivity index (χ4v) is 3.21. The van der Waals surface area contributed by atoms with E-state index in [1.165, 1.54) is 0 Å². The largest absolute Gasteiger partial charge is 0.338 e. The Labute approximate surface area is 142 Å². The van der Waals surface area contributed by atoms with E-state index in [4.69, 9.17) is 5.73 Å². The summed E-state index contributed by atoms with van der Waals surface area (Å²) in [5, 5.41) is 2.82. The van der Waals surface area contributed by atoms with Gasteiger partial charge < -0.3 is 20.9 Å². The number of nitrogens with two attached hydrogens (primary N) is 1. The van der Waals surface area contributed by atoms with Crippen molar-refractivity contribution in [3.05, 3.63) is 35.9 Å². The number of nitrogens with zero attached hydrogens (tertiary/aromatic N) is 2. The molecular weight excluding hydrogens is 316 g/mol. The fraction of sp³-hybridized carbons (Fsp3) is 0.500. The summed E-state index contributed by atoms with van der Waals surface area (Å²) in [4.78, 5) is 28.0. The van der Waals surface area contributed by atoms with Gasteiger partial charge in [-0.05, 0) is 5.56 Å². The molecule has 0 bridgehead atoms. The van der Waals surface area contributed by atoms with Gasteiger partial charge in [0, 0.05) is 32.2 Å². The van der Waals surface area contributed by atoms with Crippen molar-refractivity contribution in [2.45, 2.75) is 19.0 Å². The molecule has 1 aromatic carbocycles. The number of amides is 3. The Morgan fingerprint density at radius 3 is 2.70 bits per heavy atom. The minimum absolute atomic E-state index is 0. The molecule has 3 N–H and O–H groups in total. The summed E-state index contributed by atoms with van der Waals surface area (Å²) in [5.41, 5.74) is 7.22. The lowest BCUT2D eigenvalue weighted by molar-refractivity contribution is -0.137. The molecule has 0 aliphatic carbocycles. The fourth-order valence-electron chi connectivity index (χ4n) is 3.21. The van der Waals surface area contributed by atoms with Crippen LogP contribution in [-0.4, -0.2) is 54.0 Å². The quantitative estimate of drug-likeness (QED) is 0.862. The molecule has 3 amide bonds. The van der Waals surface area contributed by atoms with Crippen LogP contribution in [0.25, 0.3) is 0 Å². The van der Waals surface area contributed by atoms with Crippen molar-refractivity contribution < 1.29 is 9.59 Å². The van der Waals surface area contributed by atoms with Crippen LogP contribution in [0.5, 0.6) is 0 Å². The summed E-state index contributed by atoms with van der Waals surface area (Å²) in [6.07, 6.45) is 0. The Morgan fingerprint density at radius 2 is 2.00 bits per heavy atom. The second kappa shape index (κ2) is 7.19. The molecule has 2 aliphatic heterocycles. The van der Waals surface area contributed by atoms with Gasteiger partial charge in [-0.3, -0.25) is 4.79 Å². The number of carbonyl (C=O) groups is 2. The predicted molar refractivity (Wildman–Crippen MR) is 90.3 cm³/mol. The van der Waals surface area contributed by atoms with Crippen LogP contribution in [-0.2, 0) is 4.79 Å². The topological polar surface area (TPSA) is 78.7 Å². The Morgan fingerprint density at radius 1 is 1.30 bits per heavy atom. The summed E-state index contributed by atoms with van der Waals surface area (Å²) in [6, 6.07) is 9.46. The van der Waals surface area contributed by atoms with E-state index in [0.717, 1.165) is 5.56 Å². The SMILES string of the molecule is CC(C(=O)N1CCN2C(=O)NCC2C1)C(N)c1ccccc1.Cl. The molecule has 126 valence electrons. The molecule has 23 heavy (non-hydrogen) atoms. The first-order valence-corrected chi connectivity index (χ1v) is 7.71. The zero-order valence-corrected chi connectivity index (χ0v) is 14.0. The van der Waals surface area contributed by atoms with Gasteiger partial charge in [-0.25, -0.2) is 4.79 Å². The highest BCUT2D eigenvalue weighted by molar-refractivity contribution is 5.85. The van der Waals surface area contributed by atoms with Crippen LogP contribution in [0.4, 0.5) is 4.79 Å². The van der Waals surface area contributed by atoms with Gasteiger partial charge in [0.15, 0.2) is 0 Å². The predicted octanol–water partition coefficient (Wildman–Crippen LogP) is 0.980. The highest BCUT2D eigenvalue weighted by atomic mass is 35.5. The molecule has 0 radical (unpaired) electrons. The molecule has 2 heterocycles. The highest BCUT2D eigenvalue weighted by Crippen LogP contribution is 2.23. The monoisotopic (exact) mass is 338 g/mol. The molecule has 7 heteroatoms. The first kappa shape index (κ1) is 17.6. The van der Waals surface area contributed by atoms with Crippen LogP contribution in [0.3, 0.4) is 0 Å². The van der Waals surface area contributed by atoms with Gasteiger partial charge in [0.2, 0.25) is 5.91 Å². The Kier molecular flexibility index (Phi) is 5.49. The number of hydrogen-bond donors (Lipinski definition) is 2. The smallest absolute Gasteiger partial charge is 0.317 e. The van der Waals surface area contributed by atoms with Gasteiger partial charge in [-0.2, -0.15) is 0 Å². The molecule has 0 aromatic heterocycles. The number of carbonyl (C=O) groups excluding carboxylic acids is 2. The number of hydrogen-bond acceptors (Lipinski definition) is 3. The summed E-state index contributed by atoms with van der Waals surface area (Å²) in [5.74, 6) is -0.214.